The Morgan fingerprint density at radius 1 is 1.45 bits per heavy atom. The van der Waals surface area contributed by atoms with Crippen LogP contribution in [0.4, 0.5) is 5.69 Å². The number of rotatable bonds is 7. The molecule has 6 nitrogen and oxygen atoms in total. The topological polar surface area (TPSA) is 102 Å². The summed E-state index contributed by atoms with van der Waals surface area (Å²) in [6.07, 6.45) is 5.48. The van der Waals surface area contributed by atoms with Crippen molar-refractivity contribution in [3.05, 3.63) is 18.5 Å². The van der Waals surface area contributed by atoms with Crippen molar-refractivity contribution in [2.24, 2.45) is 0 Å². The van der Waals surface area contributed by atoms with Crippen LogP contribution >= 0.6 is 0 Å². The number of nitrogens with two attached hydrogens (primary N) is 1. The van der Waals surface area contributed by atoms with E-state index in [0.717, 1.165) is 19.3 Å². The van der Waals surface area contributed by atoms with Gasteiger partial charge in [-0.2, -0.15) is 0 Å². The third kappa shape index (κ3) is 3.93. The molecule has 0 aliphatic rings. The van der Waals surface area contributed by atoms with E-state index >= 15 is 0 Å². The minimum atomic E-state index is -3.79. The molecule has 0 aliphatic carbocycles. The number of anilines is 1. The SMILES string of the molecule is CCCCCNC(=O)C(C)S(=O)(=O)c1ccncc1N. The highest BCUT2D eigenvalue weighted by Crippen LogP contribution is 2.21. The number of hydrogen-bond donors (Lipinski definition) is 2. The maximum Gasteiger partial charge on any atom is 0.238 e. The van der Waals surface area contributed by atoms with Crippen LogP contribution in [0.1, 0.15) is 33.1 Å². The predicted octanol–water partition coefficient (Wildman–Crippen LogP) is 1.13. The number of nitrogens with one attached hydrogen (secondary N) is 1. The number of pyridine rings is 1. The average molecular weight is 299 g/mol. The molecule has 0 radical (unpaired) electrons. The Bertz CT molecular complexity index is 558. The molecular formula is C13H21N3O3S. The molecule has 1 amide bonds. The molecule has 0 spiro atoms. The Morgan fingerprint density at radius 3 is 2.75 bits per heavy atom. The molecule has 3 N–H and O–H groups in total. The van der Waals surface area contributed by atoms with Crippen LogP contribution in [-0.2, 0) is 14.6 Å². The second-order valence-electron chi connectivity index (χ2n) is 4.60. The van der Waals surface area contributed by atoms with Crippen LogP contribution < -0.4 is 11.1 Å². The van der Waals surface area contributed by atoms with Gasteiger partial charge in [0.25, 0.3) is 0 Å². The second-order valence-corrected chi connectivity index (χ2v) is 6.84. The number of nitrogen functional groups attached to an aromatic ring is 1. The zero-order valence-corrected chi connectivity index (χ0v) is 12.6. The van der Waals surface area contributed by atoms with Gasteiger partial charge >= 0.3 is 0 Å². The van der Waals surface area contributed by atoms with E-state index in [4.69, 9.17) is 5.73 Å². The summed E-state index contributed by atoms with van der Waals surface area (Å²) in [5.74, 6) is -0.502. The predicted molar refractivity (Wildman–Crippen MR) is 77.8 cm³/mol. The molecule has 7 heteroatoms. The molecule has 1 rings (SSSR count). The van der Waals surface area contributed by atoms with Gasteiger partial charge in [0.15, 0.2) is 9.84 Å². The van der Waals surface area contributed by atoms with Gasteiger partial charge in [-0.3, -0.25) is 9.78 Å². The monoisotopic (exact) mass is 299 g/mol. The Balaban J connectivity index is 2.77. The molecule has 0 aliphatic heterocycles. The highest BCUT2D eigenvalue weighted by Gasteiger charge is 2.30. The molecule has 1 aromatic rings. The van der Waals surface area contributed by atoms with Crippen molar-refractivity contribution < 1.29 is 13.2 Å². The number of hydrogen-bond acceptors (Lipinski definition) is 5. The summed E-state index contributed by atoms with van der Waals surface area (Å²) >= 11 is 0. The Labute approximate surface area is 119 Å². The van der Waals surface area contributed by atoms with Crippen LogP contribution in [0.15, 0.2) is 23.4 Å². The van der Waals surface area contributed by atoms with Crippen molar-refractivity contribution in [1.82, 2.24) is 10.3 Å². The quantitative estimate of drug-likeness (QED) is 0.735. The summed E-state index contributed by atoms with van der Waals surface area (Å²) in [7, 11) is -3.79. The number of nitrogens with zero attached hydrogens (tertiary/aromatic N) is 1. The van der Waals surface area contributed by atoms with E-state index < -0.39 is 21.0 Å². The fourth-order valence-electron chi connectivity index (χ4n) is 1.71. The summed E-state index contributed by atoms with van der Waals surface area (Å²) in [6, 6.07) is 1.31. The molecule has 0 bridgehead atoms. The Morgan fingerprint density at radius 2 is 2.15 bits per heavy atom. The maximum absolute atomic E-state index is 12.3. The van der Waals surface area contributed by atoms with Crippen LogP contribution in [0, 0.1) is 0 Å². The molecule has 0 saturated carbocycles. The Kier molecular flexibility index (Phi) is 5.94. The third-order valence-electron chi connectivity index (χ3n) is 3.03. The van der Waals surface area contributed by atoms with Gasteiger partial charge in [0, 0.05) is 12.7 Å². The van der Waals surface area contributed by atoms with Gasteiger partial charge in [0.2, 0.25) is 5.91 Å². The van der Waals surface area contributed by atoms with E-state index in [1.165, 1.54) is 25.4 Å². The first-order chi connectivity index (χ1) is 9.41. The van der Waals surface area contributed by atoms with Gasteiger partial charge in [-0.25, -0.2) is 8.42 Å². The molecular weight excluding hydrogens is 278 g/mol. The molecule has 0 saturated heterocycles. The molecule has 1 unspecified atom stereocenters. The minimum Gasteiger partial charge on any atom is -0.396 e. The number of amides is 1. The van der Waals surface area contributed by atoms with Gasteiger partial charge in [-0.1, -0.05) is 19.8 Å². The van der Waals surface area contributed by atoms with Crippen molar-refractivity contribution in [1.29, 1.82) is 0 Å². The van der Waals surface area contributed by atoms with Crippen molar-refractivity contribution in [3.8, 4) is 0 Å². The molecule has 0 fully saturated rings. The first kappa shape index (κ1) is 16.4. The van der Waals surface area contributed by atoms with Gasteiger partial charge in [0.05, 0.1) is 16.8 Å². The third-order valence-corrected chi connectivity index (χ3v) is 5.16. The zero-order valence-electron chi connectivity index (χ0n) is 11.8. The fraction of sp³-hybridized carbons (Fsp3) is 0.538. The lowest BCUT2D eigenvalue weighted by Crippen LogP contribution is -2.38. The fourth-order valence-corrected chi connectivity index (χ4v) is 3.09. The van der Waals surface area contributed by atoms with Crippen LogP contribution in [0.2, 0.25) is 0 Å². The van der Waals surface area contributed by atoms with Crippen LogP contribution in [0.5, 0.6) is 0 Å². The number of aromatic nitrogens is 1. The molecule has 20 heavy (non-hydrogen) atoms. The van der Waals surface area contributed by atoms with E-state index in [1.54, 1.807) is 0 Å². The lowest BCUT2D eigenvalue weighted by atomic mass is 10.2. The highest BCUT2D eigenvalue weighted by molar-refractivity contribution is 7.93. The first-order valence-corrected chi connectivity index (χ1v) is 8.17. The highest BCUT2D eigenvalue weighted by atomic mass is 32.2. The number of carbonyl (C=O) groups excluding carboxylic acids is 1. The summed E-state index contributed by atoms with van der Waals surface area (Å²) in [4.78, 5) is 15.6. The van der Waals surface area contributed by atoms with Crippen molar-refractivity contribution in [2.75, 3.05) is 12.3 Å². The van der Waals surface area contributed by atoms with Crippen LogP contribution in [-0.4, -0.2) is 31.1 Å². The number of unbranched alkanes of at least 4 members (excludes halogenated alkanes) is 2. The van der Waals surface area contributed by atoms with Crippen molar-refractivity contribution >= 4 is 21.4 Å². The van der Waals surface area contributed by atoms with E-state index in [1.807, 2.05) is 0 Å². The van der Waals surface area contributed by atoms with Gasteiger partial charge < -0.3 is 11.1 Å². The normalized spacial score (nSPS) is 12.9. The summed E-state index contributed by atoms with van der Waals surface area (Å²) in [5, 5.41) is 1.47. The lowest BCUT2D eigenvalue weighted by Gasteiger charge is -2.14. The lowest BCUT2D eigenvalue weighted by molar-refractivity contribution is -0.120. The summed E-state index contributed by atoms with van der Waals surface area (Å²) in [6.45, 7) is 3.91. The van der Waals surface area contributed by atoms with Crippen LogP contribution in [0.25, 0.3) is 0 Å². The Hall–Kier alpha value is -1.63. The van der Waals surface area contributed by atoms with E-state index in [9.17, 15) is 13.2 Å². The van der Waals surface area contributed by atoms with E-state index in [2.05, 4.69) is 17.2 Å². The summed E-state index contributed by atoms with van der Waals surface area (Å²) < 4.78 is 24.6. The van der Waals surface area contributed by atoms with Gasteiger partial charge in [-0.15, -0.1) is 0 Å². The molecule has 1 atom stereocenters. The number of sulfone groups is 1. The van der Waals surface area contributed by atoms with Crippen LogP contribution in [0.3, 0.4) is 0 Å². The molecule has 1 aromatic heterocycles. The van der Waals surface area contributed by atoms with Gasteiger partial charge in [0.1, 0.15) is 5.25 Å². The zero-order chi connectivity index (χ0) is 15.2. The van der Waals surface area contributed by atoms with E-state index in [-0.39, 0.29) is 10.6 Å². The smallest absolute Gasteiger partial charge is 0.238 e. The molecule has 1 heterocycles. The maximum atomic E-state index is 12.3. The number of carbonyl (C=O) groups is 1. The van der Waals surface area contributed by atoms with Crippen molar-refractivity contribution in [3.63, 3.8) is 0 Å². The average Bonchev–Trinajstić information content (AvgIpc) is 2.42. The largest absolute Gasteiger partial charge is 0.396 e. The standard InChI is InChI=1S/C13H21N3O3S/c1-3-4-5-7-16-13(17)10(2)20(18,19)12-6-8-15-9-11(12)14/h6,8-10H,3-5,7,14H2,1-2H3,(H,16,17). The summed E-state index contributed by atoms with van der Waals surface area (Å²) in [5.41, 5.74) is 5.66. The first-order valence-electron chi connectivity index (χ1n) is 6.62. The molecule has 112 valence electrons. The minimum absolute atomic E-state index is 0.0521. The van der Waals surface area contributed by atoms with Gasteiger partial charge in [-0.05, 0) is 19.4 Å². The molecule has 0 aromatic carbocycles. The van der Waals surface area contributed by atoms with Crippen molar-refractivity contribution in [2.45, 2.75) is 43.3 Å². The second kappa shape index (κ2) is 7.23. The van der Waals surface area contributed by atoms with E-state index in [0.29, 0.717) is 6.54 Å².